The molecule has 2 fully saturated rings. The summed E-state index contributed by atoms with van der Waals surface area (Å²) in [4.78, 5) is 27.2. The van der Waals surface area contributed by atoms with Gasteiger partial charge in [-0.1, -0.05) is 6.58 Å². The maximum atomic E-state index is 11.9. The van der Waals surface area contributed by atoms with Crippen molar-refractivity contribution in [3.05, 3.63) is 58.8 Å². The first-order valence-electron chi connectivity index (χ1n) is 13.6. The van der Waals surface area contributed by atoms with Crippen LogP contribution in [0.3, 0.4) is 0 Å². The second-order valence-electron chi connectivity index (χ2n) is 10.7. The lowest BCUT2D eigenvalue weighted by molar-refractivity contribution is -0.137. The molecule has 208 valence electrons. The van der Waals surface area contributed by atoms with Gasteiger partial charge in [0.1, 0.15) is 0 Å². The number of allylic oxidation sites excluding steroid dienone is 1. The maximum Gasteiger partial charge on any atom is 0.231 e. The van der Waals surface area contributed by atoms with E-state index in [9.17, 15) is 19.8 Å². The number of hydrogen-bond donors (Lipinski definition) is 2. The SMILES string of the molecule is C=C1c2cc3c(cc2CCN2C(=O)CCC12O)OCO3.O=C1CCC2=C(CO)c3cc4c(cc3CCN12)OCO4. The number of benzene rings is 2. The van der Waals surface area contributed by atoms with E-state index in [1.807, 2.05) is 29.2 Å². The molecule has 2 aromatic rings. The van der Waals surface area contributed by atoms with Crippen LogP contribution < -0.4 is 18.9 Å². The average molecular weight is 547 g/mol. The third-order valence-electron chi connectivity index (χ3n) is 8.68. The maximum absolute atomic E-state index is 11.9. The molecule has 0 spiro atoms. The molecule has 2 saturated heterocycles. The quantitative estimate of drug-likeness (QED) is 0.561. The number of fused-ring (bicyclic) bond motifs is 6. The van der Waals surface area contributed by atoms with Gasteiger partial charge in [0.15, 0.2) is 28.7 Å². The molecule has 6 aliphatic rings. The van der Waals surface area contributed by atoms with Crippen LogP contribution in [0.5, 0.6) is 23.0 Å². The van der Waals surface area contributed by atoms with Crippen LogP contribution in [-0.2, 0) is 22.4 Å². The van der Waals surface area contributed by atoms with Crippen LogP contribution in [0.4, 0.5) is 0 Å². The standard InChI is InChI=1S/2C15H15NO4/c1-9-11-7-13-12(19-8-20-13)6-10(11)3-5-16-14(17)2-4-15(9,16)18;17-7-11-10-6-14-13(19-8-20-14)5-9(10)3-4-16-12(11)1-2-15(16)18/h6-7,18H,1-5,8H2;5-6,17H,1-4,7-8H2. The zero-order chi connectivity index (χ0) is 27.6. The number of aliphatic hydroxyl groups excluding tert-OH is 1. The fraction of sp³-hybridized carbons (Fsp3) is 0.400. The lowest BCUT2D eigenvalue weighted by Crippen LogP contribution is -2.46. The number of rotatable bonds is 1. The van der Waals surface area contributed by atoms with Gasteiger partial charge in [0.25, 0.3) is 0 Å². The Labute approximate surface area is 231 Å². The molecule has 10 heteroatoms. The number of hydrogen-bond acceptors (Lipinski definition) is 8. The summed E-state index contributed by atoms with van der Waals surface area (Å²) in [6, 6.07) is 7.70. The van der Waals surface area contributed by atoms with Gasteiger partial charge in [0.2, 0.25) is 25.4 Å². The average Bonchev–Trinajstić information content (AvgIpc) is 3.71. The molecular weight excluding hydrogens is 516 g/mol. The van der Waals surface area contributed by atoms with Crippen molar-refractivity contribution in [3.63, 3.8) is 0 Å². The molecule has 40 heavy (non-hydrogen) atoms. The molecule has 0 aliphatic carbocycles. The fourth-order valence-electron chi connectivity index (χ4n) is 6.56. The summed E-state index contributed by atoms with van der Waals surface area (Å²) in [7, 11) is 0. The smallest absolute Gasteiger partial charge is 0.231 e. The molecule has 6 heterocycles. The van der Waals surface area contributed by atoms with Crippen molar-refractivity contribution in [2.45, 2.75) is 44.2 Å². The van der Waals surface area contributed by atoms with Gasteiger partial charge >= 0.3 is 0 Å². The summed E-state index contributed by atoms with van der Waals surface area (Å²) in [5.74, 6) is 3.00. The van der Waals surface area contributed by atoms with Crippen LogP contribution in [0.15, 0.2) is 36.5 Å². The first kappa shape index (κ1) is 25.0. The van der Waals surface area contributed by atoms with Crippen LogP contribution >= 0.6 is 0 Å². The Kier molecular flexibility index (Phi) is 5.79. The molecule has 2 amide bonds. The minimum atomic E-state index is -1.25. The molecule has 10 nitrogen and oxygen atoms in total. The van der Waals surface area contributed by atoms with Crippen LogP contribution in [0.1, 0.15) is 47.9 Å². The van der Waals surface area contributed by atoms with Crippen molar-refractivity contribution in [2.24, 2.45) is 0 Å². The topological polar surface area (TPSA) is 118 Å². The predicted molar refractivity (Wildman–Crippen MR) is 142 cm³/mol. The summed E-state index contributed by atoms with van der Waals surface area (Å²) in [5, 5.41) is 20.6. The molecule has 2 N–H and O–H groups in total. The van der Waals surface area contributed by atoms with Gasteiger partial charge in [-0.25, -0.2) is 0 Å². The summed E-state index contributed by atoms with van der Waals surface area (Å²) in [6.07, 6.45) is 3.47. The van der Waals surface area contributed by atoms with Crippen LogP contribution in [0.2, 0.25) is 0 Å². The number of amides is 2. The minimum absolute atomic E-state index is 0.0125. The first-order chi connectivity index (χ1) is 19.4. The summed E-state index contributed by atoms with van der Waals surface area (Å²) in [6.45, 7) is 5.62. The van der Waals surface area contributed by atoms with Crippen molar-refractivity contribution in [1.82, 2.24) is 9.80 Å². The molecule has 2 aromatic carbocycles. The van der Waals surface area contributed by atoms with E-state index in [2.05, 4.69) is 6.58 Å². The Bertz CT molecular complexity index is 1500. The van der Waals surface area contributed by atoms with Gasteiger partial charge < -0.3 is 39.0 Å². The van der Waals surface area contributed by atoms with Gasteiger partial charge in [0.05, 0.1) is 6.61 Å². The molecule has 8 rings (SSSR count). The van der Waals surface area contributed by atoms with E-state index >= 15 is 0 Å². The molecule has 6 aliphatic heterocycles. The summed E-state index contributed by atoms with van der Waals surface area (Å²) in [5.41, 5.74) is 5.14. The van der Waals surface area contributed by atoms with Crippen molar-refractivity contribution in [2.75, 3.05) is 33.3 Å². The van der Waals surface area contributed by atoms with E-state index in [0.29, 0.717) is 62.3 Å². The molecule has 0 bridgehead atoms. The minimum Gasteiger partial charge on any atom is -0.454 e. The van der Waals surface area contributed by atoms with Gasteiger partial charge in [0, 0.05) is 49.2 Å². The van der Waals surface area contributed by atoms with Crippen LogP contribution in [-0.4, -0.2) is 70.8 Å². The second-order valence-corrected chi connectivity index (χ2v) is 10.7. The number of nitrogens with zero attached hydrogens (tertiary/aromatic N) is 2. The lowest BCUT2D eigenvalue weighted by Gasteiger charge is -2.33. The Morgan fingerprint density at radius 1 is 0.775 bits per heavy atom. The van der Waals surface area contributed by atoms with E-state index in [4.69, 9.17) is 18.9 Å². The fourth-order valence-corrected chi connectivity index (χ4v) is 6.56. The van der Waals surface area contributed by atoms with E-state index in [-0.39, 0.29) is 32.0 Å². The largest absolute Gasteiger partial charge is 0.454 e. The highest BCUT2D eigenvalue weighted by Gasteiger charge is 2.48. The second kappa shape index (κ2) is 9.28. The zero-order valence-electron chi connectivity index (χ0n) is 22.0. The number of ether oxygens (including phenoxy) is 4. The van der Waals surface area contributed by atoms with Crippen molar-refractivity contribution in [3.8, 4) is 23.0 Å². The molecule has 1 unspecified atom stereocenters. The first-order valence-corrected chi connectivity index (χ1v) is 13.6. The molecule has 0 aromatic heterocycles. The Hall–Kier alpha value is -4.02. The monoisotopic (exact) mass is 546 g/mol. The van der Waals surface area contributed by atoms with Crippen LogP contribution in [0.25, 0.3) is 11.1 Å². The molecular formula is C30H30N2O8. The van der Waals surface area contributed by atoms with Gasteiger partial charge in [-0.15, -0.1) is 0 Å². The van der Waals surface area contributed by atoms with Crippen molar-refractivity contribution >= 4 is 23.0 Å². The number of carbonyl (C=O) groups is 2. The summed E-state index contributed by atoms with van der Waals surface area (Å²) >= 11 is 0. The number of carbonyl (C=O) groups excluding carboxylic acids is 2. The van der Waals surface area contributed by atoms with Gasteiger partial charge in [-0.05, 0) is 65.8 Å². The Morgan fingerprint density at radius 3 is 2.05 bits per heavy atom. The number of aliphatic hydroxyl groups is 2. The highest BCUT2D eigenvalue weighted by Crippen LogP contribution is 2.46. The highest BCUT2D eigenvalue weighted by molar-refractivity contribution is 5.88. The third-order valence-corrected chi connectivity index (χ3v) is 8.68. The molecule has 1 atom stereocenters. The van der Waals surface area contributed by atoms with E-state index < -0.39 is 5.72 Å². The molecule has 0 radical (unpaired) electrons. The Morgan fingerprint density at radius 2 is 1.38 bits per heavy atom. The zero-order valence-corrected chi connectivity index (χ0v) is 22.0. The highest BCUT2D eigenvalue weighted by atomic mass is 16.7. The van der Waals surface area contributed by atoms with Gasteiger partial charge in [-0.2, -0.15) is 0 Å². The van der Waals surface area contributed by atoms with Crippen molar-refractivity contribution in [1.29, 1.82) is 0 Å². The summed E-state index contributed by atoms with van der Waals surface area (Å²) < 4.78 is 21.6. The van der Waals surface area contributed by atoms with Crippen molar-refractivity contribution < 1.29 is 38.7 Å². The molecule has 0 saturated carbocycles. The van der Waals surface area contributed by atoms with E-state index in [0.717, 1.165) is 51.4 Å². The van der Waals surface area contributed by atoms with E-state index in [1.54, 1.807) is 4.90 Å². The van der Waals surface area contributed by atoms with E-state index in [1.165, 1.54) is 0 Å². The Balaban J connectivity index is 0.000000132. The van der Waals surface area contributed by atoms with Gasteiger partial charge in [-0.3, -0.25) is 9.59 Å². The normalized spacial score (nSPS) is 23.7. The third kappa shape index (κ3) is 3.77. The van der Waals surface area contributed by atoms with Crippen LogP contribution in [0, 0.1) is 0 Å². The lowest BCUT2D eigenvalue weighted by atomic mass is 9.91. The predicted octanol–water partition coefficient (Wildman–Crippen LogP) is 2.59.